The Balaban J connectivity index is 1.66. The molecule has 3 rings (SSSR count). The first-order valence-corrected chi connectivity index (χ1v) is 7.25. The SMILES string of the molecule is CNC1CC2CCC(C1)N2C(C)Cc1ccco1. The van der Waals surface area contributed by atoms with Crippen LogP contribution in [0.2, 0.25) is 0 Å². The van der Waals surface area contributed by atoms with Crippen LogP contribution in [0.1, 0.15) is 38.4 Å². The first kappa shape index (κ1) is 12.2. The summed E-state index contributed by atoms with van der Waals surface area (Å²) in [6.07, 6.45) is 8.22. The van der Waals surface area contributed by atoms with Gasteiger partial charge in [-0.2, -0.15) is 0 Å². The Morgan fingerprint density at radius 2 is 2.11 bits per heavy atom. The van der Waals surface area contributed by atoms with Crippen molar-refractivity contribution in [3.8, 4) is 0 Å². The van der Waals surface area contributed by atoms with Crippen molar-refractivity contribution in [1.29, 1.82) is 0 Å². The molecule has 3 nitrogen and oxygen atoms in total. The summed E-state index contributed by atoms with van der Waals surface area (Å²) in [7, 11) is 2.10. The maximum Gasteiger partial charge on any atom is 0.105 e. The minimum absolute atomic E-state index is 0.603. The predicted octanol–water partition coefficient (Wildman–Crippen LogP) is 2.43. The van der Waals surface area contributed by atoms with Gasteiger partial charge in [0.25, 0.3) is 0 Å². The molecule has 3 unspecified atom stereocenters. The molecular weight excluding hydrogens is 224 g/mol. The lowest BCUT2D eigenvalue weighted by Crippen LogP contribution is -2.52. The highest BCUT2D eigenvalue weighted by atomic mass is 16.3. The van der Waals surface area contributed by atoms with E-state index in [4.69, 9.17) is 4.42 Å². The van der Waals surface area contributed by atoms with E-state index in [0.717, 1.165) is 30.3 Å². The third-order valence-electron chi connectivity index (χ3n) is 4.78. The van der Waals surface area contributed by atoms with Crippen molar-refractivity contribution >= 4 is 0 Å². The lowest BCUT2D eigenvalue weighted by Gasteiger charge is -2.42. The molecule has 1 aromatic heterocycles. The first-order valence-electron chi connectivity index (χ1n) is 7.25. The zero-order valence-corrected chi connectivity index (χ0v) is 11.4. The molecule has 18 heavy (non-hydrogen) atoms. The molecule has 0 aliphatic carbocycles. The molecule has 2 aliphatic rings. The number of furan rings is 1. The standard InChI is InChI=1S/C15H24N2O/c1-11(8-15-4-3-7-18-15)17-13-5-6-14(17)10-12(9-13)16-2/h3-4,7,11-14,16H,5-6,8-10H2,1-2H3. The lowest BCUT2D eigenvalue weighted by molar-refractivity contribution is 0.0768. The van der Waals surface area contributed by atoms with Crippen molar-refractivity contribution in [2.24, 2.45) is 0 Å². The molecule has 0 aromatic carbocycles. The molecule has 2 bridgehead atoms. The molecule has 2 saturated heterocycles. The van der Waals surface area contributed by atoms with Gasteiger partial charge >= 0.3 is 0 Å². The van der Waals surface area contributed by atoms with Crippen molar-refractivity contribution in [2.45, 2.75) is 63.2 Å². The molecule has 3 heterocycles. The van der Waals surface area contributed by atoms with Crippen LogP contribution in [0.3, 0.4) is 0 Å². The molecule has 0 amide bonds. The maximum atomic E-state index is 5.49. The number of hydrogen-bond acceptors (Lipinski definition) is 3. The van der Waals surface area contributed by atoms with Crippen molar-refractivity contribution in [3.05, 3.63) is 24.2 Å². The number of nitrogens with zero attached hydrogens (tertiary/aromatic N) is 1. The summed E-state index contributed by atoms with van der Waals surface area (Å²) >= 11 is 0. The minimum atomic E-state index is 0.603. The van der Waals surface area contributed by atoms with E-state index in [0.29, 0.717) is 6.04 Å². The zero-order chi connectivity index (χ0) is 12.5. The summed E-state index contributed by atoms with van der Waals surface area (Å²) in [6.45, 7) is 2.35. The molecule has 3 atom stereocenters. The summed E-state index contributed by atoms with van der Waals surface area (Å²) in [5, 5.41) is 3.46. The molecule has 2 aliphatic heterocycles. The van der Waals surface area contributed by atoms with Gasteiger partial charge in [0, 0.05) is 30.6 Å². The quantitative estimate of drug-likeness (QED) is 0.887. The average Bonchev–Trinajstić information content (AvgIpc) is 2.95. The molecular formula is C15H24N2O. The Labute approximate surface area is 110 Å². The van der Waals surface area contributed by atoms with Gasteiger partial charge in [-0.1, -0.05) is 0 Å². The van der Waals surface area contributed by atoms with Crippen molar-refractivity contribution < 1.29 is 4.42 Å². The number of fused-ring (bicyclic) bond motifs is 2. The number of piperidine rings is 1. The predicted molar refractivity (Wildman–Crippen MR) is 72.6 cm³/mol. The summed E-state index contributed by atoms with van der Waals surface area (Å²) < 4.78 is 5.49. The second-order valence-corrected chi connectivity index (χ2v) is 5.92. The van der Waals surface area contributed by atoms with Crippen LogP contribution in [0.4, 0.5) is 0 Å². The van der Waals surface area contributed by atoms with Gasteiger partial charge in [0.2, 0.25) is 0 Å². The van der Waals surface area contributed by atoms with E-state index in [9.17, 15) is 0 Å². The van der Waals surface area contributed by atoms with Crippen LogP contribution < -0.4 is 5.32 Å². The number of hydrogen-bond donors (Lipinski definition) is 1. The summed E-state index contributed by atoms with van der Waals surface area (Å²) in [5.74, 6) is 1.12. The van der Waals surface area contributed by atoms with Gasteiger partial charge < -0.3 is 9.73 Å². The monoisotopic (exact) mass is 248 g/mol. The van der Waals surface area contributed by atoms with Crippen LogP contribution in [0.25, 0.3) is 0 Å². The Bertz CT molecular complexity index is 362. The van der Waals surface area contributed by atoms with Crippen LogP contribution in [-0.2, 0) is 6.42 Å². The summed E-state index contributed by atoms with van der Waals surface area (Å²) in [4.78, 5) is 2.76. The van der Waals surface area contributed by atoms with E-state index < -0.39 is 0 Å². The van der Waals surface area contributed by atoms with Gasteiger partial charge in [-0.3, -0.25) is 4.90 Å². The fourth-order valence-corrected chi connectivity index (χ4v) is 3.99. The van der Waals surface area contributed by atoms with Gasteiger partial charge in [-0.25, -0.2) is 0 Å². The van der Waals surface area contributed by atoms with Crippen LogP contribution in [0.15, 0.2) is 22.8 Å². The fraction of sp³-hybridized carbons (Fsp3) is 0.733. The molecule has 0 saturated carbocycles. The number of nitrogens with one attached hydrogen (secondary N) is 1. The van der Waals surface area contributed by atoms with E-state index in [1.54, 1.807) is 6.26 Å². The van der Waals surface area contributed by atoms with Crippen LogP contribution in [0, 0.1) is 0 Å². The smallest absolute Gasteiger partial charge is 0.105 e. The molecule has 1 N–H and O–H groups in total. The van der Waals surface area contributed by atoms with E-state index in [1.807, 2.05) is 6.07 Å². The van der Waals surface area contributed by atoms with Crippen LogP contribution >= 0.6 is 0 Å². The first-order chi connectivity index (χ1) is 8.78. The highest BCUT2D eigenvalue weighted by molar-refractivity contribution is 5.04. The third-order valence-corrected chi connectivity index (χ3v) is 4.78. The molecule has 3 heteroatoms. The van der Waals surface area contributed by atoms with Crippen LogP contribution in [0.5, 0.6) is 0 Å². The Morgan fingerprint density at radius 3 is 2.67 bits per heavy atom. The average molecular weight is 248 g/mol. The molecule has 0 radical (unpaired) electrons. The van der Waals surface area contributed by atoms with Gasteiger partial charge in [0.15, 0.2) is 0 Å². The summed E-state index contributed by atoms with van der Waals surface area (Å²) in [6, 6.07) is 6.99. The summed E-state index contributed by atoms with van der Waals surface area (Å²) in [5.41, 5.74) is 0. The van der Waals surface area contributed by atoms with E-state index in [-0.39, 0.29) is 0 Å². The Hall–Kier alpha value is -0.800. The Kier molecular flexibility index (Phi) is 3.44. The molecule has 1 aromatic rings. The second kappa shape index (κ2) is 5.06. The zero-order valence-electron chi connectivity index (χ0n) is 11.4. The third kappa shape index (κ3) is 2.21. The Morgan fingerprint density at radius 1 is 1.39 bits per heavy atom. The van der Waals surface area contributed by atoms with Gasteiger partial charge in [-0.15, -0.1) is 0 Å². The fourth-order valence-electron chi connectivity index (χ4n) is 3.99. The second-order valence-electron chi connectivity index (χ2n) is 5.92. The maximum absolute atomic E-state index is 5.49. The van der Waals surface area contributed by atoms with Gasteiger partial charge in [0.05, 0.1) is 6.26 Å². The van der Waals surface area contributed by atoms with Crippen LogP contribution in [-0.4, -0.2) is 36.1 Å². The lowest BCUT2D eigenvalue weighted by atomic mass is 9.95. The topological polar surface area (TPSA) is 28.4 Å². The highest BCUT2D eigenvalue weighted by Gasteiger charge is 2.42. The van der Waals surface area contributed by atoms with Crippen molar-refractivity contribution in [3.63, 3.8) is 0 Å². The number of rotatable bonds is 4. The normalized spacial score (nSPS) is 33.8. The van der Waals surface area contributed by atoms with Gasteiger partial charge in [-0.05, 0) is 51.8 Å². The van der Waals surface area contributed by atoms with Crippen molar-refractivity contribution in [1.82, 2.24) is 10.2 Å². The highest BCUT2D eigenvalue weighted by Crippen LogP contribution is 2.37. The van der Waals surface area contributed by atoms with E-state index >= 15 is 0 Å². The molecule has 100 valence electrons. The molecule has 2 fully saturated rings. The van der Waals surface area contributed by atoms with Gasteiger partial charge in [0.1, 0.15) is 5.76 Å². The van der Waals surface area contributed by atoms with E-state index in [2.05, 4.69) is 30.3 Å². The largest absolute Gasteiger partial charge is 0.469 e. The van der Waals surface area contributed by atoms with E-state index in [1.165, 1.54) is 25.7 Å². The van der Waals surface area contributed by atoms with Crippen molar-refractivity contribution in [2.75, 3.05) is 7.05 Å². The minimum Gasteiger partial charge on any atom is -0.469 e. The molecule has 0 spiro atoms.